The first kappa shape index (κ1) is 19.4. The summed E-state index contributed by atoms with van der Waals surface area (Å²) in [5.41, 5.74) is 0.429. The minimum Gasteiger partial charge on any atom is -0.464 e. The molecule has 1 atom stereocenters. The highest BCUT2D eigenvalue weighted by Gasteiger charge is 2.63. The van der Waals surface area contributed by atoms with Gasteiger partial charge in [-0.15, -0.1) is 11.3 Å². The SMILES string of the molecule is CCOC(=O)C1(C(=O)OCC)C(c2cccs2)CCN1c1ccc(C)cc1. The maximum Gasteiger partial charge on any atom is 0.344 e. The molecule has 1 aliphatic heterocycles. The third-order valence-electron chi connectivity index (χ3n) is 4.98. The van der Waals surface area contributed by atoms with Gasteiger partial charge in [0.15, 0.2) is 0 Å². The largest absolute Gasteiger partial charge is 0.464 e. The van der Waals surface area contributed by atoms with Crippen LogP contribution in [-0.4, -0.2) is 37.2 Å². The Kier molecular flexibility index (Phi) is 5.85. The van der Waals surface area contributed by atoms with Crippen LogP contribution < -0.4 is 4.90 Å². The fourth-order valence-corrected chi connectivity index (χ4v) is 4.72. The van der Waals surface area contributed by atoms with Gasteiger partial charge in [-0.3, -0.25) is 0 Å². The van der Waals surface area contributed by atoms with Crippen LogP contribution in [0.15, 0.2) is 41.8 Å². The molecule has 0 saturated carbocycles. The highest BCUT2D eigenvalue weighted by molar-refractivity contribution is 7.10. The lowest BCUT2D eigenvalue weighted by Gasteiger charge is -2.38. The van der Waals surface area contributed by atoms with Crippen LogP contribution in [0.4, 0.5) is 5.69 Å². The minimum atomic E-state index is -1.51. The molecule has 3 rings (SSSR count). The molecule has 0 bridgehead atoms. The van der Waals surface area contributed by atoms with Gasteiger partial charge in [0.05, 0.1) is 13.2 Å². The van der Waals surface area contributed by atoms with Gasteiger partial charge in [0.25, 0.3) is 0 Å². The van der Waals surface area contributed by atoms with Crippen molar-refractivity contribution in [2.75, 3.05) is 24.7 Å². The molecule has 0 spiro atoms. The molecule has 144 valence electrons. The number of carbonyl (C=O) groups excluding carboxylic acids is 2. The zero-order valence-corrected chi connectivity index (χ0v) is 16.8. The predicted molar refractivity (Wildman–Crippen MR) is 106 cm³/mol. The number of thiophene rings is 1. The van der Waals surface area contributed by atoms with Crippen molar-refractivity contribution >= 4 is 29.0 Å². The number of hydrogen-bond donors (Lipinski definition) is 0. The first-order chi connectivity index (χ1) is 13.1. The minimum absolute atomic E-state index is 0.207. The van der Waals surface area contributed by atoms with Gasteiger partial charge in [-0.25, -0.2) is 9.59 Å². The lowest BCUT2D eigenvalue weighted by atomic mass is 9.83. The zero-order valence-electron chi connectivity index (χ0n) is 15.9. The molecule has 1 aliphatic rings. The third-order valence-corrected chi connectivity index (χ3v) is 5.96. The molecule has 1 aromatic carbocycles. The van der Waals surface area contributed by atoms with E-state index in [0.717, 1.165) is 16.1 Å². The van der Waals surface area contributed by atoms with Crippen molar-refractivity contribution in [3.63, 3.8) is 0 Å². The summed E-state index contributed by atoms with van der Waals surface area (Å²) in [7, 11) is 0. The van der Waals surface area contributed by atoms with E-state index < -0.39 is 17.5 Å². The van der Waals surface area contributed by atoms with Crippen molar-refractivity contribution in [2.24, 2.45) is 0 Å². The summed E-state index contributed by atoms with van der Waals surface area (Å²) in [6, 6.07) is 11.8. The predicted octanol–water partition coefficient (Wildman–Crippen LogP) is 3.92. The average Bonchev–Trinajstić information content (AvgIpc) is 3.30. The molecule has 5 nitrogen and oxygen atoms in total. The second-order valence-electron chi connectivity index (χ2n) is 6.55. The van der Waals surface area contributed by atoms with E-state index in [1.807, 2.05) is 53.6 Å². The van der Waals surface area contributed by atoms with Crippen LogP contribution >= 0.6 is 11.3 Å². The van der Waals surface area contributed by atoms with Gasteiger partial charge in [0.2, 0.25) is 5.54 Å². The molecule has 1 aromatic heterocycles. The van der Waals surface area contributed by atoms with Crippen LogP contribution in [0, 0.1) is 6.92 Å². The van der Waals surface area contributed by atoms with E-state index in [0.29, 0.717) is 13.0 Å². The second kappa shape index (κ2) is 8.13. The molecule has 2 heterocycles. The van der Waals surface area contributed by atoms with E-state index >= 15 is 0 Å². The Morgan fingerprint density at radius 3 is 2.26 bits per heavy atom. The standard InChI is InChI=1S/C21H25NO4S/c1-4-25-19(23)21(20(24)26-5-2)17(18-7-6-14-27-18)12-13-22(21)16-10-8-15(3)9-11-16/h6-11,14,17H,4-5,12-13H2,1-3H3. The second-order valence-corrected chi connectivity index (χ2v) is 7.53. The maximum atomic E-state index is 13.3. The maximum absolute atomic E-state index is 13.3. The lowest BCUT2D eigenvalue weighted by Crippen LogP contribution is -2.61. The number of hydrogen-bond acceptors (Lipinski definition) is 6. The number of anilines is 1. The summed E-state index contributed by atoms with van der Waals surface area (Å²) in [5, 5.41) is 1.96. The van der Waals surface area contributed by atoms with Gasteiger partial charge >= 0.3 is 11.9 Å². The molecule has 0 aliphatic carbocycles. The van der Waals surface area contributed by atoms with Gasteiger partial charge in [0, 0.05) is 23.0 Å². The number of carbonyl (C=O) groups is 2. The average molecular weight is 388 g/mol. The number of rotatable bonds is 6. The van der Waals surface area contributed by atoms with Crippen molar-refractivity contribution in [1.82, 2.24) is 0 Å². The van der Waals surface area contributed by atoms with Crippen LogP contribution in [0.1, 0.15) is 36.6 Å². The summed E-state index contributed by atoms with van der Waals surface area (Å²) in [6.07, 6.45) is 0.673. The Balaban J connectivity index is 2.17. The van der Waals surface area contributed by atoms with E-state index in [9.17, 15) is 9.59 Å². The number of nitrogens with zero attached hydrogens (tertiary/aromatic N) is 1. The van der Waals surface area contributed by atoms with Crippen molar-refractivity contribution < 1.29 is 19.1 Å². The Bertz CT molecular complexity index is 767. The topological polar surface area (TPSA) is 55.8 Å². The van der Waals surface area contributed by atoms with Gasteiger partial charge < -0.3 is 14.4 Å². The van der Waals surface area contributed by atoms with E-state index in [1.54, 1.807) is 25.2 Å². The van der Waals surface area contributed by atoms with E-state index in [4.69, 9.17) is 9.47 Å². The molecule has 2 aromatic rings. The van der Waals surface area contributed by atoms with Crippen molar-refractivity contribution in [1.29, 1.82) is 0 Å². The summed E-state index contributed by atoms with van der Waals surface area (Å²) < 4.78 is 10.8. The Hall–Kier alpha value is -2.34. The summed E-state index contributed by atoms with van der Waals surface area (Å²) >= 11 is 1.55. The Labute approximate surface area is 163 Å². The first-order valence-electron chi connectivity index (χ1n) is 9.27. The van der Waals surface area contributed by atoms with Crippen LogP contribution in [0.25, 0.3) is 0 Å². The number of benzene rings is 1. The Morgan fingerprint density at radius 2 is 1.74 bits per heavy atom. The normalized spacial score (nSPS) is 18.3. The third kappa shape index (κ3) is 3.34. The van der Waals surface area contributed by atoms with Crippen LogP contribution in [-0.2, 0) is 19.1 Å². The molecular weight excluding hydrogens is 362 g/mol. The fourth-order valence-electron chi connectivity index (χ4n) is 3.80. The molecule has 27 heavy (non-hydrogen) atoms. The zero-order chi connectivity index (χ0) is 19.4. The van der Waals surface area contributed by atoms with E-state index in [2.05, 4.69) is 0 Å². The highest BCUT2D eigenvalue weighted by atomic mass is 32.1. The van der Waals surface area contributed by atoms with E-state index in [-0.39, 0.29) is 19.1 Å². The molecule has 1 saturated heterocycles. The summed E-state index contributed by atoms with van der Waals surface area (Å²) in [5.74, 6) is -1.39. The van der Waals surface area contributed by atoms with Gasteiger partial charge in [-0.05, 0) is 50.8 Å². The fraction of sp³-hybridized carbons (Fsp3) is 0.429. The quantitative estimate of drug-likeness (QED) is 0.556. The molecule has 1 unspecified atom stereocenters. The molecular formula is C21H25NO4S. The van der Waals surface area contributed by atoms with Gasteiger partial charge in [0.1, 0.15) is 0 Å². The number of esters is 2. The number of aryl methyl sites for hydroxylation is 1. The molecule has 0 amide bonds. The van der Waals surface area contributed by atoms with Gasteiger partial charge in [-0.1, -0.05) is 23.8 Å². The van der Waals surface area contributed by atoms with Crippen LogP contribution in [0.5, 0.6) is 0 Å². The van der Waals surface area contributed by atoms with Crippen LogP contribution in [0.3, 0.4) is 0 Å². The van der Waals surface area contributed by atoms with Crippen molar-refractivity contribution in [3.05, 3.63) is 52.2 Å². The smallest absolute Gasteiger partial charge is 0.344 e. The summed E-state index contributed by atoms with van der Waals surface area (Å²) in [6.45, 7) is 6.50. The molecule has 6 heteroatoms. The molecule has 0 N–H and O–H groups in total. The number of ether oxygens (including phenoxy) is 2. The van der Waals surface area contributed by atoms with Gasteiger partial charge in [-0.2, -0.15) is 0 Å². The monoisotopic (exact) mass is 387 g/mol. The lowest BCUT2D eigenvalue weighted by molar-refractivity contribution is -0.164. The summed E-state index contributed by atoms with van der Waals surface area (Å²) in [4.78, 5) is 29.4. The first-order valence-corrected chi connectivity index (χ1v) is 10.2. The van der Waals surface area contributed by atoms with E-state index in [1.165, 1.54) is 0 Å². The molecule has 0 radical (unpaired) electrons. The Morgan fingerprint density at radius 1 is 1.11 bits per heavy atom. The van der Waals surface area contributed by atoms with Crippen molar-refractivity contribution in [2.45, 2.75) is 38.6 Å². The molecule has 1 fully saturated rings. The highest BCUT2D eigenvalue weighted by Crippen LogP contribution is 2.47. The van der Waals surface area contributed by atoms with Crippen molar-refractivity contribution in [3.8, 4) is 0 Å². The van der Waals surface area contributed by atoms with Crippen LogP contribution in [0.2, 0.25) is 0 Å².